The van der Waals surface area contributed by atoms with E-state index >= 15 is 0 Å². The van der Waals surface area contributed by atoms with Crippen molar-refractivity contribution in [2.24, 2.45) is 0 Å². The standard InChI is InChI=1S/C14H16Cl2FNO2/c15-5-8-20-11-3-6-18(7-4-11)14(19)12-9-10(16)1-2-13(12)17/h1-2,9,11H,3-8H2. The molecule has 1 saturated heterocycles. The van der Waals surface area contributed by atoms with Gasteiger partial charge in [0.25, 0.3) is 5.91 Å². The zero-order chi connectivity index (χ0) is 14.5. The Labute approximate surface area is 127 Å². The molecule has 1 aliphatic rings. The average molecular weight is 320 g/mol. The molecule has 0 radical (unpaired) electrons. The van der Waals surface area contributed by atoms with E-state index < -0.39 is 5.82 Å². The molecule has 6 heteroatoms. The summed E-state index contributed by atoms with van der Waals surface area (Å²) in [6, 6.07) is 4.01. The second kappa shape index (κ2) is 7.25. The lowest BCUT2D eigenvalue weighted by atomic mass is 10.1. The highest BCUT2D eigenvalue weighted by Gasteiger charge is 2.25. The number of alkyl halides is 1. The van der Waals surface area contributed by atoms with Crippen molar-refractivity contribution in [3.8, 4) is 0 Å². The largest absolute Gasteiger partial charge is 0.377 e. The summed E-state index contributed by atoms with van der Waals surface area (Å²) in [5.74, 6) is -0.395. The Balaban J connectivity index is 1.96. The van der Waals surface area contributed by atoms with Gasteiger partial charge in [0.05, 0.1) is 18.3 Å². The van der Waals surface area contributed by atoms with Gasteiger partial charge in [-0.3, -0.25) is 4.79 Å². The maximum atomic E-state index is 13.7. The molecule has 0 saturated carbocycles. The summed E-state index contributed by atoms with van der Waals surface area (Å²) in [5.41, 5.74) is 0.0256. The SMILES string of the molecule is O=C(c1cc(Cl)ccc1F)N1CCC(OCCCl)CC1. The zero-order valence-electron chi connectivity index (χ0n) is 10.9. The van der Waals surface area contributed by atoms with E-state index in [1.807, 2.05) is 0 Å². The fraction of sp³-hybridized carbons (Fsp3) is 0.500. The van der Waals surface area contributed by atoms with E-state index in [-0.39, 0.29) is 17.6 Å². The second-order valence-electron chi connectivity index (χ2n) is 4.68. The van der Waals surface area contributed by atoms with Crippen LogP contribution in [0.3, 0.4) is 0 Å². The molecule has 1 aromatic rings. The number of piperidine rings is 1. The summed E-state index contributed by atoms with van der Waals surface area (Å²) < 4.78 is 19.2. The Bertz CT molecular complexity index is 476. The van der Waals surface area contributed by atoms with Crippen molar-refractivity contribution in [2.75, 3.05) is 25.6 Å². The molecule has 3 nitrogen and oxygen atoms in total. The van der Waals surface area contributed by atoms with Crippen LogP contribution in [0.5, 0.6) is 0 Å². The molecule has 0 N–H and O–H groups in total. The highest BCUT2D eigenvalue weighted by Crippen LogP contribution is 2.20. The Kier molecular flexibility index (Phi) is 5.64. The average Bonchev–Trinajstić information content (AvgIpc) is 2.47. The van der Waals surface area contributed by atoms with Crippen LogP contribution in [0, 0.1) is 5.82 Å². The van der Waals surface area contributed by atoms with Gasteiger partial charge in [0.15, 0.2) is 0 Å². The van der Waals surface area contributed by atoms with Gasteiger partial charge in [-0.05, 0) is 31.0 Å². The number of rotatable bonds is 4. The predicted molar refractivity (Wildman–Crippen MR) is 77.0 cm³/mol. The molecule has 0 unspecified atom stereocenters. The topological polar surface area (TPSA) is 29.5 Å². The molecule has 1 fully saturated rings. The quantitative estimate of drug-likeness (QED) is 0.797. The highest BCUT2D eigenvalue weighted by atomic mass is 35.5. The normalized spacial score (nSPS) is 16.4. The van der Waals surface area contributed by atoms with Gasteiger partial charge < -0.3 is 9.64 Å². The molecule has 0 bridgehead atoms. The van der Waals surface area contributed by atoms with Crippen LogP contribution < -0.4 is 0 Å². The van der Waals surface area contributed by atoms with E-state index in [4.69, 9.17) is 27.9 Å². The molecule has 1 heterocycles. The lowest BCUT2D eigenvalue weighted by Crippen LogP contribution is -2.41. The molecule has 0 spiro atoms. The fourth-order valence-corrected chi connectivity index (χ4v) is 2.53. The molecular weight excluding hydrogens is 304 g/mol. The number of benzene rings is 1. The first-order chi connectivity index (χ1) is 9.61. The van der Waals surface area contributed by atoms with Crippen LogP contribution in [0.2, 0.25) is 5.02 Å². The van der Waals surface area contributed by atoms with E-state index in [9.17, 15) is 9.18 Å². The predicted octanol–water partition coefficient (Wildman–Crippen LogP) is 3.34. The fourth-order valence-electron chi connectivity index (χ4n) is 2.27. The van der Waals surface area contributed by atoms with Gasteiger partial charge in [-0.1, -0.05) is 11.6 Å². The number of amides is 1. The van der Waals surface area contributed by atoms with Gasteiger partial charge in [0.1, 0.15) is 5.82 Å². The molecule has 2 rings (SSSR count). The number of hydrogen-bond acceptors (Lipinski definition) is 2. The minimum absolute atomic E-state index is 0.0256. The van der Waals surface area contributed by atoms with Gasteiger partial charge >= 0.3 is 0 Å². The van der Waals surface area contributed by atoms with E-state index in [0.29, 0.717) is 30.6 Å². The van der Waals surface area contributed by atoms with Gasteiger partial charge in [0.2, 0.25) is 0 Å². The summed E-state index contributed by atoms with van der Waals surface area (Å²) in [7, 11) is 0. The Morgan fingerprint density at radius 3 is 2.75 bits per heavy atom. The van der Waals surface area contributed by atoms with Crippen molar-refractivity contribution in [2.45, 2.75) is 18.9 Å². The van der Waals surface area contributed by atoms with Crippen molar-refractivity contribution in [1.82, 2.24) is 4.90 Å². The van der Waals surface area contributed by atoms with Crippen LogP contribution in [0.25, 0.3) is 0 Å². The van der Waals surface area contributed by atoms with Crippen LogP contribution in [0.4, 0.5) is 4.39 Å². The van der Waals surface area contributed by atoms with Gasteiger partial charge in [-0.2, -0.15) is 0 Å². The van der Waals surface area contributed by atoms with Crippen LogP contribution >= 0.6 is 23.2 Å². The number of halogens is 3. The number of nitrogens with zero attached hydrogens (tertiary/aromatic N) is 1. The lowest BCUT2D eigenvalue weighted by Gasteiger charge is -2.32. The number of ether oxygens (including phenoxy) is 1. The molecule has 0 aliphatic carbocycles. The van der Waals surface area contributed by atoms with Gasteiger partial charge in [-0.15, -0.1) is 11.6 Å². The molecular formula is C14H16Cl2FNO2. The summed E-state index contributed by atoms with van der Waals surface area (Å²) in [5, 5.41) is 0.357. The first-order valence-corrected chi connectivity index (χ1v) is 7.45. The van der Waals surface area contributed by atoms with Crippen molar-refractivity contribution in [3.63, 3.8) is 0 Å². The number of hydrogen-bond donors (Lipinski definition) is 0. The van der Waals surface area contributed by atoms with Gasteiger partial charge in [0, 0.05) is 24.0 Å². The Hall–Kier alpha value is -0.840. The Morgan fingerprint density at radius 2 is 2.10 bits per heavy atom. The monoisotopic (exact) mass is 319 g/mol. The third-order valence-electron chi connectivity index (χ3n) is 3.32. The van der Waals surface area contributed by atoms with Crippen molar-refractivity contribution < 1.29 is 13.9 Å². The first-order valence-electron chi connectivity index (χ1n) is 6.53. The molecule has 20 heavy (non-hydrogen) atoms. The molecule has 1 aliphatic heterocycles. The Morgan fingerprint density at radius 1 is 1.40 bits per heavy atom. The minimum Gasteiger partial charge on any atom is -0.377 e. The summed E-state index contributed by atoms with van der Waals surface area (Å²) in [6.07, 6.45) is 1.61. The van der Waals surface area contributed by atoms with Crippen molar-refractivity contribution >= 4 is 29.1 Å². The summed E-state index contributed by atoms with van der Waals surface area (Å²) in [6.45, 7) is 1.62. The van der Waals surface area contributed by atoms with Crippen LogP contribution in [0.1, 0.15) is 23.2 Å². The van der Waals surface area contributed by atoms with Crippen LogP contribution in [-0.4, -0.2) is 42.5 Å². The smallest absolute Gasteiger partial charge is 0.256 e. The van der Waals surface area contributed by atoms with Crippen LogP contribution in [-0.2, 0) is 4.74 Å². The lowest BCUT2D eigenvalue weighted by molar-refractivity contribution is 0.0153. The molecule has 0 atom stereocenters. The summed E-state index contributed by atoms with van der Waals surface area (Å²) in [4.78, 5) is 13.9. The molecule has 0 aromatic heterocycles. The number of carbonyl (C=O) groups is 1. The first kappa shape index (κ1) is 15.5. The third kappa shape index (κ3) is 3.84. The number of likely N-dealkylation sites (tertiary alicyclic amines) is 1. The van der Waals surface area contributed by atoms with E-state index in [0.717, 1.165) is 12.8 Å². The second-order valence-corrected chi connectivity index (χ2v) is 5.49. The molecule has 1 amide bonds. The molecule has 1 aromatic carbocycles. The third-order valence-corrected chi connectivity index (χ3v) is 3.71. The number of carbonyl (C=O) groups excluding carboxylic acids is 1. The molecule has 110 valence electrons. The summed E-state index contributed by atoms with van der Waals surface area (Å²) >= 11 is 11.4. The maximum absolute atomic E-state index is 13.7. The minimum atomic E-state index is -0.542. The van der Waals surface area contributed by atoms with E-state index in [1.165, 1.54) is 18.2 Å². The van der Waals surface area contributed by atoms with E-state index in [2.05, 4.69) is 0 Å². The zero-order valence-corrected chi connectivity index (χ0v) is 12.5. The van der Waals surface area contributed by atoms with Crippen LogP contribution in [0.15, 0.2) is 18.2 Å². The van der Waals surface area contributed by atoms with Crippen molar-refractivity contribution in [1.29, 1.82) is 0 Å². The van der Waals surface area contributed by atoms with E-state index in [1.54, 1.807) is 4.90 Å². The van der Waals surface area contributed by atoms with Crippen molar-refractivity contribution in [3.05, 3.63) is 34.6 Å². The highest BCUT2D eigenvalue weighted by molar-refractivity contribution is 6.31. The van der Waals surface area contributed by atoms with Gasteiger partial charge in [-0.25, -0.2) is 4.39 Å². The maximum Gasteiger partial charge on any atom is 0.256 e.